The minimum Gasteiger partial charge on any atom is -0.435 e. The van der Waals surface area contributed by atoms with E-state index in [2.05, 4.69) is 29.0 Å². The summed E-state index contributed by atoms with van der Waals surface area (Å²) < 4.78 is 28.2. The van der Waals surface area contributed by atoms with Crippen LogP contribution in [0.25, 0.3) is 0 Å². The van der Waals surface area contributed by atoms with Crippen LogP contribution in [0.4, 0.5) is 8.78 Å². The second-order valence-electron chi connectivity index (χ2n) is 4.71. The molecule has 1 N–H and O–H groups in total. The predicted molar refractivity (Wildman–Crippen MR) is 72.6 cm³/mol. The molecule has 5 heteroatoms. The van der Waals surface area contributed by atoms with Gasteiger partial charge in [0.25, 0.3) is 0 Å². The van der Waals surface area contributed by atoms with Crippen molar-refractivity contribution < 1.29 is 13.5 Å². The fourth-order valence-electron chi connectivity index (χ4n) is 1.70. The minimum absolute atomic E-state index is 0.199. The molecule has 0 aliphatic rings. The van der Waals surface area contributed by atoms with Gasteiger partial charge in [0.2, 0.25) is 0 Å². The molecule has 0 aliphatic heterocycles. The van der Waals surface area contributed by atoms with Gasteiger partial charge in [0, 0.05) is 6.54 Å². The van der Waals surface area contributed by atoms with Crippen molar-refractivity contribution in [3.05, 3.63) is 29.8 Å². The Kier molecular flexibility index (Phi) is 7.36. The van der Waals surface area contributed by atoms with E-state index in [1.54, 1.807) is 24.3 Å². The van der Waals surface area contributed by atoms with Gasteiger partial charge in [0.1, 0.15) is 5.75 Å². The molecule has 19 heavy (non-hydrogen) atoms. The van der Waals surface area contributed by atoms with Crippen LogP contribution < -0.4 is 10.1 Å². The topological polar surface area (TPSA) is 24.5 Å². The van der Waals surface area contributed by atoms with Crippen LogP contribution in [0.2, 0.25) is 0 Å². The van der Waals surface area contributed by atoms with Crippen LogP contribution in [-0.2, 0) is 6.54 Å². The van der Waals surface area contributed by atoms with E-state index in [0.29, 0.717) is 0 Å². The minimum atomic E-state index is -2.76. The molecule has 0 saturated carbocycles. The Bertz CT molecular complexity index is 342. The summed E-state index contributed by atoms with van der Waals surface area (Å²) in [6.45, 7) is 0.0437. The SMILES string of the molecule is CN(C)CCCCNCc1ccc(OC(F)F)cc1. The van der Waals surface area contributed by atoms with E-state index < -0.39 is 6.61 Å². The maximum absolute atomic E-state index is 12.0. The van der Waals surface area contributed by atoms with Gasteiger partial charge in [0.05, 0.1) is 0 Å². The average molecular weight is 272 g/mol. The van der Waals surface area contributed by atoms with Crippen molar-refractivity contribution in [2.24, 2.45) is 0 Å². The fourth-order valence-corrected chi connectivity index (χ4v) is 1.70. The molecule has 0 saturated heterocycles. The van der Waals surface area contributed by atoms with Crippen LogP contribution in [0.1, 0.15) is 18.4 Å². The molecule has 0 atom stereocenters. The van der Waals surface area contributed by atoms with Crippen molar-refractivity contribution in [1.82, 2.24) is 10.2 Å². The van der Waals surface area contributed by atoms with Crippen molar-refractivity contribution in [2.45, 2.75) is 26.0 Å². The zero-order valence-corrected chi connectivity index (χ0v) is 11.5. The van der Waals surface area contributed by atoms with Gasteiger partial charge in [-0.1, -0.05) is 12.1 Å². The van der Waals surface area contributed by atoms with E-state index in [1.807, 2.05) is 0 Å². The third-order valence-corrected chi connectivity index (χ3v) is 2.69. The molecule has 0 unspecified atom stereocenters. The maximum atomic E-state index is 12.0. The van der Waals surface area contributed by atoms with Crippen LogP contribution in [0.15, 0.2) is 24.3 Å². The Balaban J connectivity index is 2.16. The molecule has 0 radical (unpaired) electrons. The van der Waals surface area contributed by atoms with Crippen molar-refractivity contribution in [3.8, 4) is 5.75 Å². The highest BCUT2D eigenvalue weighted by Crippen LogP contribution is 2.14. The van der Waals surface area contributed by atoms with E-state index in [1.165, 1.54) is 6.42 Å². The summed E-state index contributed by atoms with van der Waals surface area (Å²) in [6.07, 6.45) is 2.30. The van der Waals surface area contributed by atoms with Gasteiger partial charge >= 0.3 is 6.61 Å². The predicted octanol–water partition coefficient (Wildman–Crippen LogP) is 2.72. The Labute approximate surface area is 113 Å². The highest BCUT2D eigenvalue weighted by molar-refractivity contribution is 5.27. The summed E-state index contributed by atoms with van der Waals surface area (Å²) >= 11 is 0. The second-order valence-corrected chi connectivity index (χ2v) is 4.71. The normalized spacial score (nSPS) is 11.3. The van der Waals surface area contributed by atoms with Gasteiger partial charge in [-0.25, -0.2) is 0 Å². The second kappa shape index (κ2) is 8.82. The summed E-state index contributed by atoms with van der Waals surface area (Å²) in [6, 6.07) is 6.72. The number of rotatable bonds is 9. The number of hydrogen-bond acceptors (Lipinski definition) is 3. The molecule has 0 aliphatic carbocycles. The lowest BCUT2D eigenvalue weighted by molar-refractivity contribution is -0.0498. The molecule has 3 nitrogen and oxygen atoms in total. The molecule has 1 aromatic carbocycles. The number of alkyl halides is 2. The Morgan fingerprint density at radius 3 is 2.42 bits per heavy atom. The van der Waals surface area contributed by atoms with Gasteiger partial charge in [-0.2, -0.15) is 8.78 Å². The van der Waals surface area contributed by atoms with Gasteiger partial charge in [-0.3, -0.25) is 0 Å². The maximum Gasteiger partial charge on any atom is 0.387 e. The molecule has 1 aromatic rings. The Morgan fingerprint density at radius 1 is 1.16 bits per heavy atom. The molecule has 108 valence electrons. The molecule has 0 bridgehead atoms. The molecule has 0 fully saturated rings. The number of halogens is 2. The Hall–Kier alpha value is -1.20. The lowest BCUT2D eigenvalue weighted by Crippen LogP contribution is -2.18. The van der Waals surface area contributed by atoms with Crippen molar-refractivity contribution in [1.29, 1.82) is 0 Å². The lowest BCUT2D eigenvalue weighted by Gasteiger charge is -2.09. The standard InChI is InChI=1S/C14H22F2N2O/c1-18(2)10-4-3-9-17-11-12-5-7-13(8-6-12)19-14(15)16/h5-8,14,17H,3-4,9-11H2,1-2H3. The number of nitrogens with one attached hydrogen (secondary N) is 1. The van der Waals surface area contributed by atoms with Crippen molar-refractivity contribution in [2.75, 3.05) is 27.2 Å². The van der Waals surface area contributed by atoms with Crippen molar-refractivity contribution >= 4 is 0 Å². The van der Waals surface area contributed by atoms with Gasteiger partial charge < -0.3 is 15.0 Å². The monoisotopic (exact) mass is 272 g/mol. The quantitative estimate of drug-likeness (QED) is 0.700. The van der Waals surface area contributed by atoms with E-state index >= 15 is 0 Å². The van der Waals surface area contributed by atoms with Crippen LogP contribution >= 0.6 is 0 Å². The average Bonchev–Trinajstić information content (AvgIpc) is 2.34. The molecule has 0 amide bonds. The summed E-state index contributed by atoms with van der Waals surface area (Å²) in [4.78, 5) is 2.17. The van der Waals surface area contributed by atoms with E-state index in [0.717, 1.165) is 31.6 Å². The Morgan fingerprint density at radius 2 is 1.84 bits per heavy atom. The molecule has 0 heterocycles. The van der Waals surface area contributed by atoms with Crippen LogP contribution in [0.3, 0.4) is 0 Å². The first kappa shape index (κ1) is 15.9. The first-order valence-electron chi connectivity index (χ1n) is 6.47. The third-order valence-electron chi connectivity index (χ3n) is 2.69. The van der Waals surface area contributed by atoms with E-state index in [4.69, 9.17) is 0 Å². The largest absolute Gasteiger partial charge is 0.435 e. The van der Waals surface area contributed by atoms with E-state index in [-0.39, 0.29) is 5.75 Å². The zero-order chi connectivity index (χ0) is 14.1. The summed E-state index contributed by atoms with van der Waals surface area (Å²) in [5, 5.41) is 3.33. The number of ether oxygens (including phenoxy) is 1. The number of nitrogens with zero attached hydrogens (tertiary/aromatic N) is 1. The van der Waals surface area contributed by atoms with E-state index in [9.17, 15) is 8.78 Å². The van der Waals surface area contributed by atoms with Gasteiger partial charge in [0.15, 0.2) is 0 Å². The number of hydrogen-bond donors (Lipinski definition) is 1. The third kappa shape index (κ3) is 7.74. The summed E-state index contributed by atoms with van der Waals surface area (Å²) in [5.41, 5.74) is 1.06. The van der Waals surface area contributed by atoms with Crippen LogP contribution in [0.5, 0.6) is 5.75 Å². The molecule has 1 rings (SSSR count). The van der Waals surface area contributed by atoms with Gasteiger partial charge in [-0.15, -0.1) is 0 Å². The van der Waals surface area contributed by atoms with Crippen molar-refractivity contribution in [3.63, 3.8) is 0 Å². The van der Waals surface area contributed by atoms with Gasteiger partial charge in [-0.05, 0) is 57.7 Å². The lowest BCUT2D eigenvalue weighted by atomic mass is 10.2. The highest BCUT2D eigenvalue weighted by Gasteiger charge is 2.03. The van der Waals surface area contributed by atoms with Crippen LogP contribution in [0, 0.1) is 0 Å². The first-order chi connectivity index (χ1) is 9.08. The number of unbranched alkanes of at least 4 members (excludes halogenated alkanes) is 1. The smallest absolute Gasteiger partial charge is 0.387 e. The number of benzene rings is 1. The van der Waals surface area contributed by atoms with Crippen LogP contribution in [-0.4, -0.2) is 38.7 Å². The molecular weight excluding hydrogens is 250 g/mol. The summed E-state index contributed by atoms with van der Waals surface area (Å²) in [7, 11) is 4.13. The molecule has 0 aromatic heterocycles. The highest BCUT2D eigenvalue weighted by atomic mass is 19.3. The molecule has 0 spiro atoms. The fraction of sp³-hybridized carbons (Fsp3) is 0.571. The molecular formula is C14H22F2N2O. The first-order valence-corrected chi connectivity index (χ1v) is 6.47. The summed E-state index contributed by atoms with van der Waals surface area (Å²) in [5.74, 6) is 0.199. The zero-order valence-electron chi connectivity index (χ0n) is 11.5.